The Hall–Kier alpha value is -5.14. The van der Waals surface area contributed by atoms with Gasteiger partial charge < -0.3 is 21.3 Å². The number of pyridine rings is 1. The minimum absolute atomic E-state index is 0.0231. The molecule has 13 heteroatoms. The van der Waals surface area contributed by atoms with E-state index >= 15 is 0 Å². The fourth-order valence-electron chi connectivity index (χ4n) is 3.43. The van der Waals surface area contributed by atoms with E-state index in [0.717, 1.165) is 16.8 Å². The second-order valence-electron chi connectivity index (χ2n) is 9.07. The number of rotatable bonds is 8. The van der Waals surface area contributed by atoms with E-state index in [1.54, 1.807) is 19.1 Å². The molecule has 0 aliphatic heterocycles. The first-order valence-corrected chi connectivity index (χ1v) is 14.0. The highest BCUT2D eigenvalue weighted by molar-refractivity contribution is 7.92. The van der Waals surface area contributed by atoms with Crippen molar-refractivity contribution in [3.05, 3.63) is 102 Å². The quantitative estimate of drug-likeness (QED) is 0.171. The van der Waals surface area contributed by atoms with Crippen LogP contribution in [0.25, 0.3) is 0 Å². The maximum atomic E-state index is 12.3. The number of anilines is 2. The largest absolute Gasteiger partial charge is 0.507 e. The predicted molar refractivity (Wildman–Crippen MR) is 159 cm³/mol. The number of azo groups is 1. The summed E-state index contributed by atoms with van der Waals surface area (Å²) in [7, 11) is -3.79. The molecule has 0 fully saturated rings. The summed E-state index contributed by atoms with van der Waals surface area (Å²) < 4.78 is 27.0. The second kappa shape index (κ2) is 14.0. The van der Waals surface area contributed by atoms with E-state index in [4.69, 9.17) is 10.8 Å². The van der Waals surface area contributed by atoms with Crippen LogP contribution in [0, 0.1) is 13.8 Å². The molecule has 1 amide bonds. The number of phenols is 1. The molecule has 0 saturated heterocycles. The highest BCUT2D eigenvalue weighted by Crippen LogP contribution is 2.26. The summed E-state index contributed by atoms with van der Waals surface area (Å²) in [5.74, 6) is -1.61. The lowest BCUT2D eigenvalue weighted by Gasteiger charge is -2.12. The summed E-state index contributed by atoms with van der Waals surface area (Å²) in [6.45, 7) is 5.59. The Balaban J connectivity index is 0.000000291. The molecule has 1 heterocycles. The zero-order valence-electron chi connectivity index (χ0n) is 23.0. The number of nitrogens with two attached hydrogens (primary N) is 1. The minimum atomic E-state index is -3.79. The average molecular weight is 591 g/mol. The highest BCUT2D eigenvalue weighted by Gasteiger charge is 2.15. The van der Waals surface area contributed by atoms with E-state index in [0.29, 0.717) is 5.69 Å². The monoisotopic (exact) mass is 590 g/mol. The molecular formula is C29H30N6O6S. The molecule has 4 rings (SSSR count). The van der Waals surface area contributed by atoms with Crippen molar-refractivity contribution < 1.29 is 28.2 Å². The van der Waals surface area contributed by atoms with Crippen molar-refractivity contribution in [1.82, 2.24) is 4.98 Å². The van der Waals surface area contributed by atoms with Gasteiger partial charge >= 0.3 is 5.97 Å². The summed E-state index contributed by atoms with van der Waals surface area (Å²) in [5, 5.41) is 29.1. The molecule has 3 aromatic carbocycles. The van der Waals surface area contributed by atoms with Gasteiger partial charge in [-0.1, -0.05) is 24.3 Å². The Labute approximate surface area is 243 Å². The smallest absolute Gasteiger partial charge is 0.339 e. The third-order valence-corrected chi connectivity index (χ3v) is 7.06. The number of carbonyl (C=O) groups excluding carboxylic acids is 1. The average Bonchev–Trinajstić information content (AvgIpc) is 2.95. The molecule has 6 N–H and O–H groups in total. The molecule has 1 unspecified atom stereocenters. The first kappa shape index (κ1) is 31.4. The van der Waals surface area contributed by atoms with Crippen LogP contribution >= 0.6 is 0 Å². The molecule has 1 aromatic heterocycles. The summed E-state index contributed by atoms with van der Waals surface area (Å²) in [4.78, 5) is 26.3. The number of nitrogens with zero attached hydrogens (tertiary/aromatic N) is 3. The molecule has 218 valence electrons. The number of aromatic nitrogens is 1. The van der Waals surface area contributed by atoms with Crippen molar-refractivity contribution in [3.63, 3.8) is 0 Å². The van der Waals surface area contributed by atoms with Gasteiger partial charge in [0.25, 0.3) is 10.0 Å². The lowest BCUT2D eigenvalue weighted by molar-refractivity contribution is -0.117. The topological polar surface area (TPSA) is 196 Å². The Morgan fingerprint density at radius 1 is 0.905 bits per heavy atom. The van der Waals surface area contributed by atoms with Crippen LogP contribution < -0.4 is 15.8 Å². The fraction of sp³-hybridized carbons (Fsp3) is 0.138. The van der Waals surface area contributed by atoms with Crippen LogP contribution in [0.15, 0.2) is 100 Å². The van der Waals surface area contributed by atoms with Crippen molar-refractivity contribution in [3.8, 4) is 5.75 Å². The van der Waals surface area contributed by atoms with Crippen LogP contribution in [0.5, 0.6) is 5.75 Å². The Kier molecular flexibility index (Phi) is 10.4. The third-order valence-electron chi connectivity index (χ3n) is 5.69. The molecule has 0 aliphatic rings. The van der Waals surface area contributed by atoms with Crippen molar-refractivity contribution in [1.29, 1.82) is 0 Å². The van der Waals surface area contributed by atoms with Crippen LogP contribution in [0.1, 0.15) is 28.4 Å². The Morgan fingerprint density at radius 2 is 1.52 bits per heavy atom. The molecular weight excluding hydrogens is 560 g/mol. The van der Waals surface area contributed by atoms with Gasteiger partial charge in [-0.15, -0.1) is 0 Å². The number of benzene rings is 3. The predicted octanol–water partition coefficient (Wildman–Crippen LogP) is 5.29. The van der Waals surface area contributed by atoms with Gasteiger partial charge in [-0.2, -0.15) is 10.2 Å². The summed E-state index contributed by atoms with van der Waals surface area (Å²) in [5.41, 5.74) is 8.75. The molecule has 0 bridgehead atoms. The number of hydrogen-bond acceptors (Lipinski definition) is 9. The molecule has 0 spiro atoms. The first-order valence-electron chi connectivity index (χ1n) is 12.5. The number of aromatic hydroxyl groups is 1. The summed E-state index contributed by atoms with van der Waals surface area (Å²) in [6.07, 6.45) is 1.47. The number of amides is 1. The van der Waals surface area contributed by atoms with E-state index in [9.17, 15) is 23.1 Å². The van der Waals surface area contributed by atoms with Gasteiger partial charge in [0.15, 0.2) is 0 Å². The molecule has 0 radical (unpaired) electrons. The van der Waals surface area contributed by atoms with Crippen molar-refractivity contribution in [2.24, 2.45) is 16.0 Å². The molecule has 12 nitrogen and oxygen atoms in total. The van der Waals surface area contributed by atoms with E-state index in [1.807, 2.05) is 32.0 Å². The van der Waals surface area contributed by atoms with Crippen molar-refractivity contribution in [2.45, 2.75) is 31.7 Å². The van der Waals surface area contributed by atoms with Gasteiger partial charge in [0.1, 0.15) is 17.1 Å². The van der Waals surface area contributed by atoms with Gasteiger partial charge in [0, 0.05) is 11.9 Å². The zero-order valence-corrected chi connectivity index (χ0v) is 23.8. The lowest BCUT2D eigenvalue weighted by Crippen LogP contribution is -2.32. The first-order chi connectivity index (χ1) is 19.9. The molecule has 0 saturated carbocycles. The SMILES string of the molecule is Cc1cccc(C)c1NC(=O)C(C)N.O=C(O)c1cc(N=Nc2ccc(S(=O)(=O)Nc3ccccn3)cc2)ccc1O. The van der Waals surface area contributed by atoms with Gasteiger partial charge in [-0.3, -0.25) is 9.52 Å². The molecule has 1 atom stereocenters. The molecule has 4 aromatic rings. The number of carboxylic acids is 1. The van der Waals surface area contributed by atoms with Gasteiger partial charge in [0.05, 0.1) is 22.3 Å². The van der Waals surface area contributed by atoms with Crippen molar-refractivity contribution >= 4 is 44.8 Å². The van der Waals surface area contributed by atoms with Crippen molar-refractivity contribution in [2.75, 3.05) is 10.0 Å². The fourth-order valence-corrected chi connectivity index (χ4v) is 4.44. The molecule has 42 heavy (non-hydrogen) atoms. The number of hydrogen-bond donors (Lipinski definition) is 5. The van der Waals surface area contributed by atoms with Gasteiger partial charge in [-0.25, -0.2) is 18.2 Å². The normalized spacial score (nSPS) is 11.7. The van der Waals surface area contributed by atoms with E-state index in [-0.39, 0.29) is 33.6 Å². The number of para-hydroxylation sites is 1. The maximum absolute atomic E-state index is 12.3. The Morgan fingerprint density at radius 3 is 2.10 bits per heavy atom. The standard InChI is InChI=1S/C18H14N4O5S.C11H16N2O/c23-16-9-6-13(11-15(16)18(24)25)21-20-12-4-7-14(8-5-12)28(26,27)22-17-3-1-2-10-19-17;1-7-5-4-6-8(2)10(7)13-11(14)9(3)12/h1-11,23H,(H,19,22)(H,24,25);4-6,9H,12H2,1-3H3,(H,13,14). The number of sulfonamides is 1. The zero-order chi connectivity index (χ0) is 30.9. The number of nitrogens with one attached hydrogen (secondary N) is 2. The van der Waals surface area contributed by atoms with E-state index in [2.05, 4.69) is 25.3 Å². The minimum Gasteiger partial charge on any atom is -0.507 e. The van der Waals surface area contributed by atoms with E-state index in [1.165, 1.54) is 54.7 Å². The maximum Gasteiger partial charge on any atom is 0.339 e. The number of aryl methyl sites for hydroxylation is 2. The van der Waals surface area contributed by atoms with Crippen LogP contribution in [-0.2, 0) is 14.8 Å². The number of carboxylic acid groups (broad SMARTS) is 1. The van der Waals surface area contributed by atoms with Crippen LogP contribution in [0.3, 0.4) is 0 Å². The second-order valence-corrected chi connectivity index (χ2v) is 10.7. The van der Waals surface area contributed by atoms with Gasteiger partial charge in [-0.05, 0) is 86.5 Å². The summed E-state index contributed by atoms with van der Waals surface area (Å²) in [6, 6.07) is 19.7. The van der Waals surface area contributed by atoms with Gasteiger partial charge in [0.2, 0.25) is 5.91 Å². The third kappa shape index (κ3) is 8.68. The lowest BCUT2D eigenvalue weighted by atomic mass is 10.1. The Bertz CT molecular complexity index is 1670. The highest BCUT2D eigenvalue weighted by atomic mass is 32.2. The molecule has 0 aliphatic carbocycles. The van der Waals surface area contributed by atoms with Crippen LogP contribution in [0.2, 0.25) is 0 Å². The number of aromatic carboxylic acids is 1. The van der Waals surface area contributed by atoms with E-state index < -0.39 is 22.0 Å². The van der Waals surface area contributed by atoms with Crippen LogP contribution in [-0.4, -0.2) is 41.5 Å². The van der Waals surface area contributed by atoms with Crippen LogP contribution in [0.4, 0.5) is 22.9 Å². The summed E-state index contributed by atoms with van der Waals surface area (Å²) >= 11 is 0. The number of carbonyl (C=O) groups is 2.